The van der Waals surface area contributed by atoms with Crippen LogP contribution in [0.4, 0.5) is 0 Å². The fourth-order valence-electron chi connectivity index (χ4n) is 1.33. The summed E-state index contributed by atoms with van der Waals surface area (Å²) in [5.41, 5.74) is 0. The normalized spacial score (nSPS) is 24.0. The summed E-state index contributed by atoms with van der Waals surface area (Å²) in [7, 11) is 0. The molecule has 5 nitrogen and oxygen atoms in total. The largest absolute Gasteiger partial charge is 0.771 e. The standard InChI is InChI=1S/C7H14N2O3S/c1-7(13(11)12)9-4-2-8(6-10)3-5-9/h6-7H,2-5H2,1H3,(H,11,12)/p-1. The second-order valence-electron chi connectivity index (χ2n) is 3.04. The Balaban J connectivity index is 2.40. The van der Waals surface area contributed by atoms with Crippen molar-refractivity contribution in [3.8, 4) is 0 Å². The molecule has 76 valence electrons. The Morgan fingerprint density at radius 1 is 1.38 bits per heavy atom. The maximum Gasteiger partial charge on any atom is 0.209 e. The third-order valence-electron chi connectivity index (χ3n) is 2.29. The molecule has 1 aliphatic rings. The predicted molar refractivity (Wildman–Crippen MR) is 47.6 cm³/mol. The van der Waals surface area contributed by atoms with E-state index in [1.54, 1.807) is 11.8 Å². The van der Waals surface area contributed by atoms with Gasteiger partial charge in [0, 0.05) is 26.2 Å². The molecule has 0 N–H and O–H groups in total. The van der Waals surface area contributed by atoms with Gasteiger partial charge in [-0.15, -0.1) is 0 Å². The topological polar surface area (TPSA) is 63.7 Å². The zero-order chi connectivity index (χ0) is 9.84. The van der Waals surface area contributed by atoms with Gasteiger partial charge in [-0.25, -0.2) is 0 Å². The molecular weight excluding hydrogens is 192 g/mol. The molecule has 1 saturated heterocycles. The second kappa shape index (κ2) is 4.69. The Bertz CT molecular complexity index is 204. The SMILES string of the molecule is CC(N1CCN(C=O)CC1)S(=O)[O-]. The molecule has 0 aliphatic carbocycles. The number of piperazine rings is 1. The van der Waals surface area contributed by atoms with E-state index in [-0.39, 0.29) is 0 Å². The third-order valence-corrected chi connectivity index (χ3v) is 3.15. The summed E-state index contributed by atoms with van der Waals surface area (Å²) in [6.07, 6.45) is 0.802. The molecular formula is C7H13N2O3S-. The molecule has 0 saturated carbocycles. The van der Waals surface area contributed by atoms with Crippen LogP contribution in [0.25, 0.3) is 0 Å². The van der Waals surface area contributed by atoms with E-state index in [4.69, 9.17) is 0 Å². The van der Waals surface area contributed by atoms with E-state index in [1.807, 2.05) is 4.90 Å². The minimum absolute atomic E-state index is 0.450. The second-order valence-corrected chi connectivity index (χ2v) is 4.24. The van der Waals surface area contributed by atoms with Gasteiger partial charge in [0.2, 0.25) is 6.41 Å². The average Bonchev–Trinajstić information content (AvgIpc) is 2.17. The predicted octanol–water partition coefficient (Wildman–Crippen LogP) is -1.01. The summed E-state index contributed by atoms with van der Waals surface area (Å²) < 4.78 is 21.2. The van der Waals surface area contributed by atoms with E-state index in [0.29, 0.717) is 26.2 Å². The Morgan fingerprint density at radius 3 is 2.31 bits per heavy atom. The first kappa shape index (κ1) is 10.6. The molecule has 2 atom stereocenters. The van der Waals surface area contributed by atoms with Gasteiger partial charge in [0.05, 0.1) is 5.37 Å². The molecule has 13 heavy (non-hydrogen) atoms. The van der Waals surface area contributed by atoms with E-state index in [9.17, 15) is 13.6 Å². The molecule has 0 aromatic heterocycles. The van der Waals surface area contributed by atoms with Crippen LogP contribution in [0.5, 0.6) is 0 Å². The zero-order valence-electron chi connectivity index (χ0n) is 7.51. The van der Waals surface area contributed by atoms with Gasteiger partial charge in [0.25, 0.3) is 0 Å². The van der Waals surface area contributed by atoms with E-state index < -0.39 is 16.5 Å². The summed E-state index contributed by atoms with van der Waals surface area (Å²) in [5.74, 6) is 0. The van der Waals surface area contributed by atoms with Gasteiger partial charge in [0.15, 0.2) is 0 Å². The minimum Gasteiger partial charge on any atom is -0.771 e. The van der Waals surface area contributed by atoms with Gasteiger partial charge in [-0.05, 0) is 18.0 Å². The zero-order valence-corrected chi connectivity index (χ0v) is 8.33. The summed E-state index contributed by atoms with van der Waals surface area (Å²) in [6.45, 7) is 4.15. The van der Waals surface area contributed by atoms with Gasteiger partial charge < -0.3 is 9.45 Å². The number of amides is 1. The fraction of sp³-hybridized carbons (Fsp3) is 0.857. The first-order valence-corrected chi connectivity index (χ1v) is 5.30. The molecule has 1 amide bonds. The fourth-order valence-corrected chi connectivity index (χ4v) is 1.78. The van der Waals surface area contributed by atoms with Crippen LogP contribution in [-0.2, 0) is 15.9 Å². The molecule has 0 bridgehead atoms. The van der Waals surface area contributed by atoms with E-state index in [0.717, 1.165) is 6.41 Å². The summed E-state index contributed by atoms with van der Waals surface area (Å²) in [5, 5.41) is -0.450. The van der Waals surface area contributed by atoms with Crippen molar-refractivity contribution in [3.63, 3.8) is 0 Å². The molecule has 1 rings (SSSR count). The lowest BCUT2D eigenvalue weighted by Crippen LogP contribution is -2.50. The van der Waals surface area contributed by atoms with E-state index in [1.165, 1.54) is 0 Å². The molecule has 6 heteroatoms. The van der Waals surface area contributed by atoms with Crippen LogP contribution >= 0.6 is 0 Å². The van der Waals surface area contributed by atoms with Crippen LogP contribution in [0.2, 0.25) is 0 Å². The van der Waals surface area contributed by atoms with Crippen LogP contribution in [0.3, 0.4) is 0 Å². The monoisotopic (exact) mass is 205 g/mol. The summed E-state index contributed by atoms with van der Waals surface area (Å²) in [4.78, 5) is 13.9. The van der Waals surface area contributed by atoms with Crippen molar-refractivity contribution in [2.75, 3.05) is 26.2 Å². The molecule has 1 heterocycles. The molecule has 2 unspecified atom stereocenters. The van der Waals surface area contributed by atoms with Crippen LogP contribution < -0.4 is 0 Å². The molecule has 0 spiro atoms. The van der Waals surface area contributed by atoms with E-state index >= 15 is 0 Å². The molecule has 1 fully saturated rings. The quantitative estimate of drug-likeness (QED) is 0.437. The Kier molecular flexibility index (Phi) is 3.83. The van der Waals surface area contributed by atoms with Crippen molar-refractivity contribution in [2.45, 2.75) is 12.3 Å². The number of carbonyl (C=O) groups is 1. The lowest BCUT2D eigenvalue weighted by Gasteiger charge is -2.37. The number of hydrogen-bond donors (Lipinski definition) is 0. The number of hydrogen-bond acceptors (Lipinski definition) is 4. The van der Waals surface area contributed by atoms with Crippen LogP contribution in [0.15, 0.2) is 0 Å². The van der Waals surface area contributed by atoms with Gasteiger partial charge >= 0.3 is 0 Å². The van der Waals surface area contributed by atoms with Gasteiger partial charge in [-0.2, -0.15) is 0 Å². The van der Waals surface area contributed by atoms with Crippen molar-refractivity contribution >= 4 is 17.5 Å². The lowest BCUT2D eigenvalue weighted by atomic mass is 10.3. The van der Waals surface area contributed by atoms with Gasteiger partial charge in [0.1, 0.15) is 0 Å². The molecule has 1 aliphatic heterocycles. The Morgan fingerprint density at radius 2 is 1.92 bits per heavy atom. The molecule has 0 aromatic carbocycles. The molecule has 0 radical (unpaired) electrons. The maximum absolute atomic E-state index is 10.6. The highest BCUT2D eigenvalue weighted by Gasteiger charge is 2.20. The third kappa shape index (κ3) is 2.75. The summed E-state index contributed by atoms with van der Waals surface area (Å²) >= 11 is -2.05. The van der Waals surface area contributed by atoms with Crippen LogP contribution in [0, 0.1) is 0 Å². The van der Waals surface area contributed by atoms with Crippen LogP contribution in [-0.4, -0.2) is 56.5 Å². The van der Waals surface area contributed by atoms with E-state index in [2.05, 4.69) is 0 Å². The van der Waals surface area contributed by atoms with Crippen molar-refractivity contribution in [1.82, 2.24) is 9.80 Å². The van der Waals surface area contributed by atoms with Crippen molar-refractivity contribution in [3.05, 3.63) is 0 Å². The van der Waals surface area contributed by atoms with Crippen molar-refractivity contribution in [2.24, 2.45) is 0 Å². The minimum atomic E-state index is -2.05. The summed E-state index contributed by atoms with van der Waals surface area (Å²) in [6, 6.07) is 0. The van der Waals surface area contributed by atoms with Gasteiger partial charge in [-0.3, -0.25) is 13.9 Å². The Hall–Kier alpha value is -0.460. The number of carbonyl (C=O) groups excluding carboxylic acids is 1. The highest BCUT2D eigenvalue weighted by Crippen LogP contribution is 2.06. The first-order valence-electron chi connectivity index (χ1n) is 4.16. The smallest absolute Gasteiger partial charge is 0.209 e. The van der Waals surface area contributed by atoms with Crippen molar-refractivity contribution < 1.29 is 13.6 Å². The lowest BCUT2D eigenvalue weighted by molar-refractivity contribution is -0.119. The average molecular weight is 205 g/mol. The van der Waals surface area contributed by atoms with Gasteiger partial charge in [-0.1, -0.05) is 0 Å². The number of rotatable bonds is 3. The molecule has 0 aromatic rings. The Labute approximate surface area is 80.0 Å². The highest BCUT2D eigenvalue weighted by atomic mass is 32.2. The van der Waals surface area contributed by atoms with Crippen LogP contribution in [0.1, 0.15) is 6.92 Å². The maximum atomic E-state index is 10.6. The first-order chi connectivity index (χ1) is 6.15. The van der Waals surface area contributed by atoms with Crippen molar-refractivity contribution in [1.29, 1.82) is 0 Å². The highest BCUT2D eigenvalue weighted by molar-refractivity contribution is 7.79. The number of nitrogens with zero attached hydrogens (tertiary/aromatic N) is 2.